The average molecular weight is 239 g/mol. The van der Waals surface area contributed by atoms with E-state index < -0.39 is 0 Å². The molecule has 98 valence electrons. The van der Waals surface area contributed by atoms with Crippen molar-refractivity contribution in [1.29, 1.82) is 0 Å². The lowest BCUT2D eigenvalue weighted by atomic mass is 9.85. The van der Waals surface area contributed by atoms with Crippen molar-refractivity contribution in [3.63, 3.8) is 0 Å². The Morgan fingerprint density at radius 1 is 1.47 bits per heavy atom. The third-order valence-electron chi connectivity index (χ3n) is 2.88. The number of hydrogen-bond donors (Lipinski definition) is 2. The number of aryl methyl sites for hydroxylation is 1. The van der Waals surface area contributed by atoms with Crippen molar-refractivity contribution in [3.8, 4) is 0 Å². The summed E-state index contributed by atoms with van der Waals surface area (Å²) in [6.45, 7) is 10.4. The summed E-state index contributed by atoms with van der Waals surface area (Å²) in [6, 6.07) is 0.335. The van der Waals surface area contributed by atoms with Crippen LogP contribution >= 0.6 is 0 Å². The molecule has 1 atom stereocenters. The van der Waals surface area contributed by atoms with E-state index in [1.807, 2.05) is 4.68 Å². The van der Waals surface area contributed by atoms with E-state index in [2.05, 4.69) is 43.3 Å². The van der Waals surface area contributed by atoms with Crippen LogP contribution in [-0.4, -0.2) is 27.6 Å². The van der Waals surface area contributed by atoms with Gasteiger partial charge in [-0.2, -0.15) is 0 Å². The average Bonchev–Trinajstić information content (AvgIpc) is 2.64. The summed E-state index contributed by atoms with van der Waals surface area (Å²) in [4.78, 5) is 0. The molecule has 1 rings (SSSR count). The summed E-state index contributed by atoms with van der Waals surface area (Å²) in [5, 5.41) is 11.5. The Morgan fingerprint density at radius 3 is 2.71 bits per heavy atom. The molecule has 0 fully saturated rings. The molecule has 0 bridgehead atoms. The highest BCUT2D eigenvalue weighted by Crippen LogP contribution is 2.25. The third-order valence-corrected chi connectivity index (χ3v) is 2.88. The zero-order valence-electron chi connectivity index (χ0n) is 11.4. The van der Waals surface area contributed by atoms with Crippen molar-refractivity contribution in [3.05, 3.63) is 6.20 Å². The van der Waals surface area contributed by atoms with Gasteiger partial charge in [-0.1, -0.05) is 32.9 Å². The first-order chi connectivity index (χ1) is 7.99. The first kappa shape index (κ1) is 14.0. The monoisotopic (exact) mass is 239 g/mol. The number of rotatable bonds is 6. The summed E-state index contributed by atoms with van der Waals surface area (Å²) in [5.41, 5.74) is 5.84. The zero-order chi connectivity index (χ0) is 12.9. The van der Waals surface area contributed by atoms with Gasteiger partial charge >= 0.3 is 0 Å². The molecule has 0 amide bonds. The second kappa shape index (κ2) is 6.00. The molecule has 0 aromatic carbocycles. The van der Waals surface area contributed by atoms with Crippen LogP contribution in [0.5, 0.6) is 0 Å². The van der Waals surface area contributed by atoms with Gasteiger partial charge in [0.2, 0.25) is 0 Å². The highest BCUT2D eigenvalue weighted by molar-refractivity contribution is 5.33. The molecule has 1 aromatic heterocycles. The first-order valence-electron chi connectivity index (χ1n) is 6.34. The lowest BCUT2D eigenvalue weighted by Gasteiger charge is -2.32. The van der Waals surface area contributed by atoms with Crippen LogP contribution < -0.4 is 11.1 Å². The van der Waals surface area contributed by atoms with Crippen LogP contribution in [0.15, 0.2) is 6.20 Å². The Morgan fingerprint density at radius 2 is 2.18 bits per heavy atom. The van der Waals surface area contributed by atoms with Gasteiger partial charge in [0.15, 0.2) is 0 Å². The van der Waals surface area contributed by atoms with Crippen LogP contribution in [0.3, 0.4) is 0 Å². The van der Waals surface area contributed by atoms with Crippen LogP contribution in [0.4, 0.5) is 5.82 Å². The van der Waals surface area contributed by atoms with Crippen molar-refractivity contribution in [1.82, 2.24) is 15.0 Å². The summed E-state index contributed by atoms with van der Waals surface area (Å²) < 4.78 is 1.91. The Hall–Kier alpha value is -1.10. The number of anilines is 1. The second-order valence-electron chi connectivity index (χ2n) is 5.48. The molecule has 3 N–H and O–H groups in total. The minimum atomic E-state index is 0.167. The molecule has 0 saturated heterocycles. The van der Waals surface area contributed by atoms with E-state index in [4.69, 9.17) is 5.73 Å². The largest absolute Gasteiger partial charge is 0.366 e. The molecule has 5 nitrogen and oxygen atoms in total. The van der Waals surface area contributed by atoms with Gasteiger partial charge in [-0.25, -0.2) is 4.68 Å². The fraction of sp³-hybridized carbons (Fsp3) is 0.833. The molecule has 1 aromatic rings. The minimum absolute atomic E-state index is 0.167. The second-order valence-corrected chi connectivity index (χ2v) is 5.48. The molecule has 1 heterocycles. The van der Waals surface area contributed by atoms with E-state index in [1.165, 1.54) is 0 Å². The summed E-state index contributed by atoms with van der Waals surface area (Å²) in [7, 11) is 0. The fourth-order valence-electron chi connectivity index (χ4n) is 1.81. The molecule has 0 aliphatic rings. The molecule has 0 radical (unpaired) electrons. The molecule has 5 heteroatoms. The lowest BCUT2D eigenvalue weighted by Crippen LogP contribution is -2.36. The third kappa shape index (κ3) is 4.00. The first-order valence-corrected chi connectivity index (χ1v) is 6.34. The van der Waals surface area contributed by atoms with Crippen LogP contribution in [0, 0.1) is 5.41 Å². The number of nitrogens with zero attached hydrogens (tertiary/aromatic N) is 3. The van der Waals surface area contributed by atoms with Gasteiger partial charge in [0, 0.05) is 12.6 Å². The van der Waals surface area contributed by atoms with E-state index in [1.54, 1.807) is 6.20 Å². The number of hydrogen-bond acceptors (Lipinski definition) is 4. The van der Waals surface area contributed by atoms with Crippen LogP contribution in [-0.2, 0) is 6.54 Å². The molecule has 0 aliphatic carbocycles. The number of nitrogens with one attached hydrogen (secondary N) is 1. The van der Waals surface area contributed by atoms with E-state index in [9.17, 15) is 0 Å². The van der Waals surface area contributed by atoms with Gasteiger partial charge in [0.25, 0.3) is 0 Å². The van der Waals surface area contributed by atoms with Gasteiger partial charge in [0.05, 0.1) is 6.20 Å². The topological polar surface area (TPSA) is 68.8 Å². The van der Waals surface area contributed by atoms with Gasteiger partial charge in [-0.3, -0.25) is 0 Å². The van der Waals surface area contributed by atoms with E-state index in [0.717, 1.165) is 25.2 Å². The van der Waals surface area contributed by atoms with E-state index >= 15 is 0 Å². The van der Waals surface area contributed by atoms with Crippen molar-refractivity contribution in [2.24, 2.45) is 11.1 Å². The van der Waals surface area contributed by atoms with Gasteiger partial charge in [-0.05, 0) is 24.8 Å². The zero-order valence-corrected chi connectivity index (χ0v) is 11.4. The highest BCUT2D eigenvalue weighted by Gasteiger charge is 2.24. The Labute approximate surface area is 104 Å². The predicted molar refractivity (Wildman–Crippen MR) is 70.9 cm³/mol. The van der Waals surface area contributed by atoms with Crippen molar-refractivity contribution in [2.45, 2.75) is 53.1 Å². The fourth-order valence-corrected chi connectivity index (χ4v) is 1.81. The number of aromatic nitrogens is 3. The smallest absolute Gasteiger partial charge is 0.145 e. The Kier molecular flexibility index (Phi) is 4.93. The minimum Gasteiger partial charge on any atom is -0.366 e. The van der Waals surface area contributed by atoms with Crippen LogP contribution in [0.1, 0.15) is 40.5 Å². The molecule has 1 unspecified atom stereocenters. The Balaban J connectivity index is 2.75. The van der Waals surface area contributed by atoms with Gasteiger partial charge < -0.3 is 11.1 Å². The van der Waals surface area contributed by atoms with Crippen LogP contribution in [0.25, 0.3) is 0 Å². The van der Waals surface area contributed by atoms with Crippen molar-refractivity contribution in [2.75, 3.05) is 11.9 Å². The van der Waals surface area contributed by atoms with E-state index in [0.29, 0.717) is 12.6 Å². The lowest BCUT2D eigenvalue weighted by molar-refractivity contribution is 0.326. The Bertz CT molecular complexity index is 326. The molecule has 0 spiro atoms. The van der Waals surface area contributed by atoms with Crippen molar-refractivity contribution < 1.29 is 0 Å². The summed E-state index contributed by atoms with van der Waals surface area (Å²) in [6.07, 6.45) is 3.78. The maximum atomic E-state index is 5.67. The summed E-state index contributed by atoms with van der Waals surface area (Å²) in [5.74, 6) is 0.986. The molecular formula is C12H25N5. The normalized spacial score (nSPS) is 13.7. The molecule has 0 aliphatic heterocycles. The van der Waals surface area contributed by atoms with Crippen molar-refractivity contribution >= 4 is 5.82 Å². The summed E-state index contributed by atoms with van der Waals surface area (Å²) >= 11 is 0. The van der Waals surface area contributed by atoms with Crippen LogP contribution in [0.2, 0.25) is 0 Å². The standard InChI is InChI=1S/C12H25N5/c1-5-8-17-11(9-14-16-17)15-10(6-7-13)12(2,3)4/h9-10,15H,5-8,13H2,1-4H3. The van der Waals surface area contributed by atoms with E-state index in [-0.39, 0.29) is 5.41 Å². The predicted octanol–water partition coefficient (Wildman–Crippen LogP) is 1.86. The maximum Gasteiger partial charge on any atom is 0.145 e. The van der Waals surface area contributed by atoms with Gasteiger partial charge in [-0.15, -0.1) is 5.10 Å². The van der Waals surface area contributed by atoms with Gasteiger partial charge in [0.1, 0.15) is 5.82 Å². The highest BCUT2D eigenvalue weighted by atomic mass is 15.5. The molecule has 17 heavy (non-hydrogen) atoms. The maximum absolute atomic E-state index is 5.67. The SMILES string of the molecule is CCCn1nncc1NC(CCN)C(C)(C)C. The number of nitrogens with two attached hydrogens (primary N) is 1. The molecule has 0 saturated carbocycles. The quantitative estimate of drug-likeness (QED) is 0.795. The molecular weight excluding hydrogens is 214 g/mol.